The molecular formula is C20H29NO2. The second kappa shape index (κ2) is 6.64. The van der Waals surface area contributed by atoms with Gasteiger partial charge in [0.1, 0.15) is 0 Å². The lowest BCUT2D eigenvalue weighted by molar-refractivity contribution is -0.144. The monoisotopic (exact) mass is 315 g/mol. The number of aryl methyl sites for hydroxylation is 1. The lowest BCUT2D eigenvalue weighted by atomic mass is 9.72. The number of benzene rings is 1. The largest absolute Gasteiger partial charge is 0.381 e. The van der Waals surface area contributed by atoms with Crippen molar-refractivity contribution in [3.05, 3.63) is 35.4 Å². The number of hydrogen-bond donors (Lipinski definition) is 0. The lowest BCUT2D eigenvalue weighted by Crippen LogP contribution is -2.53. The predicted octanol–water partition coefficient (Wildman–Crippen LogP) is 3.55. The molecule has 2 saturated heterocycles. The maximum atomic E-state index is 13.5. The maximum Gasteiger partial charge on any atom is 0.233 e. The summed E-state index contributed by atoms with van der Waals surface area (Å²) in [6, 6.07) is 8.55. The van der Waals surface area contributed by atoms with Gasteiger partial charge in [-0.3, -0.25) is 4.79 Å². The molecule has 3 nitrogen and oxygen atoms in total. The molecule has 2 aliphatic heterocycles. The van der Waals surface area contributed by atoms with Gasteiger partial charge in [0, 0.05) is 26.3 Å². The fraction of sp³-hybridized carbons (Fsp3) is 0.650. The van der Waals surface area contributed by atoms with E-state index in [1.54, 1.807) is 0 Å². The van der Waals surface area contributed by atoms with Gasteiger partial charge in [-0.25, -0.2) is 0 Å². The van der Waals surface area contributed by atoms with Crippen LogP contribution in [0.3, 0.4) is 0 Å². The SMILES string of the molecule is Cc1ccc(C2(C(=O)N3CC(C)CC(C)C3)CCOCC2)cc1. The van der Waals surface area contributed by atoms with Gasteiger partial charge in [0.15, 0.2) is 0 Å². The summed E-state index contributed by atoms with van der Waals surface area (Å²) in [4.78, 5) is 15.7. The standard InChI is InChI=1S/C20H29NO2/c1-15-4-6-18(7-5-15)20(8-10-23-11-9-20)19(22)21-13-16(2)12-17(3)14-21/h4-7,16-17H,8-14H2,1-3H3. The maximum absolute atomic E-state index is 13.5. The van der Waals surface area contributed by atoms with E-state index in [2.05, 4.69) is 49.9 Å². The van der Waals surface area contributed by atoms with Gasteiger partial charge in [0.2, 0.25) is 5.91 Å². The first-order chi connectivity index (χ1) is 11.0. The van der Waals surface area contributed by atoms with Gasteiger partial charge in [-0.2, -0.15) is 0 Å². The number of carbonyl (C=O) groups is 1. The zero-order valence-electron chi connectivity index (χ0n) is 14.7. The van der Waals surface area contributed by atoms with Crippen molar-refractivity contribution in [2.45, 2.75) is 45.4 Å². The van der Waals surface area contributed by atoms with Gasteiger partial charge >= 0.3 is 0 Å². The molecule has 23 heavy (non-hydrogen) atoms. The molecule has 1 aromatic carbocycles. The van der Waals surface area contributed by atoms with Gasteiger partial charge in [0.25, 0.3) is 0 Å². The number of ether oxygens (including phenoxy) is 1. The molecule has 2 atom stereocenters. The number of piperidine rings is 1. The van der Waals surface area contributed by atoms with Crippen LogP contribution >= 0.6 is 0 Å². The van der Waals surface area contributed by atoms with Gasteiger partial charge in [0.05, 0.1) is 5.41 Å². The van der Waals surface area contributed by atoms with Crippen molar-refractivity contribution >= 4 is 5.91 Å². The van der Waals surface area contributed by atoms with Crippen LogP contribution in [0.2, 0.25) is 0 Å². The Morgan fingerprint density at radius 1 is 1.09 bits per heavy atom. The number of carbonyl (C=O) groups excluding carboxylic acids is 1. The quantitative estimate of drug-likeness (QED) is 0.835. The highest BCUT2D eigenvalue weighted by atomic mass is 16.5. The van der Waals surface area contributed by atoms with E-state index in [9.17, 15) is 4.79 Å². The third-order valence-electron chi connectivity index (χ3n) is 5.52. The molecule has 0 spiro atoms. The average molecular weight is 315 g/mol. The third-order valence-corrected chi connectivity index (χ3v) is 5.52. The zero-order valence-corrected chi connectivity index (χ0v) is 14.7. The summed E-state index contributed by atoms with van der Waals surface area (Å²) in [5, 5.41) is 0. The second-order valence-corrected chi connectivity index (χ2v) is 7.72. The summed E-state index contributed by atoms with van der Waals surface area (Å²) in [6.07, 6.45) is 2.83. The van der Waals surface area contributed by atoms with E-state index in [1.807, 2.05) is 0 Å². The Kier molecular flexibility index (Phi) is 4.77. The summed E-state index contributed by atoms with van der Waals surface area (Å²) >= 11 is 0. The van der Waals surface area contributed by atoms with E-state index >= 15 is 0 Å². The predicted molar refractivity (Wildman–Crippen MR) is 92.4 cm³/mol. The highest BCUT2D eigenvalue weighted by Crippen LogP contribution is 2.38. The van der Waals surface area contributed by atoms with Crippen molar-refractivity contribution in [3.8, 4) is 0 Å². The van der Waals surface area contributed by atoms with Crippen molar-refractivity contribution in [2.75, 3.05) is 26.3 Å². The second-order valence-electron chi connectivity index (χ2n) is 7.72. The minimum atomic E-state index is -0.386. The van der Waals surface area contributed by atoms with E-state index in [4.69, 9.17) is 4.74 Å². The molecule has 3 rings (SSSR count). The Morgan fingerprint density at radius 2 is 1.65 bits per heavy atom. The normalized spacial score (nSPS) is 27.7. The van der Waals surface area contributed by atoms with Crippen molar-refractivity contribution in [1.29, 1.82) is 0 Å². The van der Waals surface area contributed by atoms with E-state index in [-0.39, 0.29) is 5.41 Å². The molecule has 0 N–H and O–H groups in total. The molecule has 2 heterocycles. The van der Waals surface area contributed by atoms with E-state index in [0.717, 1.165) is 25.9 Å². The fourth-order valence-electron chi connectivity index (χ4n) is 4.35. The van der Waals surface area contributed by atoms with Crippen LogP contribution in [0.15, 0.2) is 24.3 Å². The Labute approximate surface area is 140 Å². The number of amides is 1. The van der Waals surface area contributed by atoms with Crippen LogP contribution in [0.4, 0.5) is 0 Å². The molecule has 0 saturated carbocycles. The van der Waals surface area contributed by atoms with E-state index < -0.39 is 0 Å². The first-order valence-corrected chi connectivity index (χ1v) is 8.95. The highest BCUT2D eigenvalue weighted by Gasteiger charge is 2.45. The van der Waals surface area contributed by atoms with Crippen LogP contribution in [0.25, 0.3) is 0 Å². The molecule has 0 bridgehead atoms. The Balaban J connectivity index is 1.92. The lowest BCUT2D eigenvalue weighted by Gasteiger charge is -2.43. The Morgan fingerprint density at radius 3 is 2.22 bits per heavy atom. The first kappa shape index (κ1) is 16.5. The van der Waals surface area contributed by atoms with Crippen molar-refractivity contribution < 1.29 is 9.53 Å². The van der Waals surface area contributed by atoms with Crippen LogP contribution in [0.1, 0.15) is 44.2 Å². The van der Waals surface area contributed by atoms with E-state index in [1.165, 1.54) is 17.5 Å². The molecule has 0 radical (unpaired) electrons. The van der Waals surface area contributed by atoms with Crippen LogP contribution in [-0.2, 0) is 14.9 Å². The summed E-state index contributed by atoms with van der Waals surface area (Å²) in [7, 11) is 0. The fourth-order valence-corrected chi connectivity index (χ4v) is 4.35. The summed E-state index contributed by atoms with van der Waals surface area (Å²) in [5.41, 5.74) is 2.02. The Hall–Kier alpha value is -1.35. The minimum Gasteiger partial charge on any atom is -0.381 e. The molecule has 1 aromatic rings. The third kappa shape index (κ3) is 3.30. The van der Waals surface area contributed by atoms with Crippen LogP contribution in [0.5, 0.6) is 0 Å². The van der Waals surface area contributed by atoms with Crippen LogP contribution < -0.4 is 0 Å². The number of nitrogens with zero attached hydrogens (tertiary/aromatic N) is 1. The van der Waals surface area contributed by atoms with Crippen molar-refractivity contribution in [2.24, 2.45) is 11.8 Å². The molecule has 3 heteroatoms. The summed E-state index contributed by atoms with van der Waals surface area (Å²) in [5.74, 6) is 1.51. The van der Waals surface area contributed by atoms with Gasteiger partial charge in [-0.15, -0.1) is 0 Å². The summed E-state index contributed by atoms with van der Waals surface area (Å²) < 4.78 is 5.58. The number of rotatable bonds is 2. The molecule has 0 aliphatic carbocycles. The van der Waals surface area contributed by atoms with Crippen LogP contribution in [-0.4, -0.2) is 37.1 Å². The van der Waals surface area contributed by atoms with Gasteiger partial charge < -0.3 is 9.64 Å². The molecular weight excluding hydrogens is 286 g/mol. The zero-order chi connectivity index (χ0) is 16.4. The number of hydrogen-bond acceptors (Lipinski definition) is 2. The molecule has 2 aliphatic rings. The van der Waals surface area contributed by atoms with E-state index in [0.29, 0.717) is 31.0 Å². The van der Waals surface area contributed by atoms with Crippen molar-refractivity contribution in [1.82, 2.24) is 4.90 Å². The average Bonchev–Trinajstić information content (AvgIpc) is 2.54. The van der Waals surface area contributed by atoms with Crippen LogP contribution in [0, 0.1) is 18.8 Å². The van der Waals surface area contributed by atoms with Gasteiger partial charge in [-0.05, 0) is 43.6 Å². The molecule has 0 aromatic heterocycles. The number of likely N-dealkylation sites (tertiary alicyclic amines) is 1. The smallest absolute Gasteiger partial charge is 0.233 e. The minimum absolute atomic E-state index is 0.322. The highest BCUT2D eigenvalue weighted by molar-refractivity contribution is 5.88. The summed E-state index contributed by atoms with van der Waals surface area (Å²) in [6.45, 7) is 9.78. The first-order valence-electron chi connectivity index (χ1n) is 8.95. The molecule has 2 fully saturated rings. The van der Waals surface area contributed by atoms with Crippen molar-refractivity contribution in [3.63, 3.8) is 0 Å². The van der Waals surface area contributed by atoms with Gasteiger partial charge in [-0.1, -0.05) is 43.7 Å². The molecule has 126 valence electrons. The molecule has 2 unspecified atom stereocenters. The Bertz CT molecular complexity index is 535. The topological polar surface area (TPSA) is 29.5 Å². The molecule has 1 amide bonds.